The highest BCUT2D eigenvalue weighted by molar-refractivity contribution is 8.18. The molecule has 7 heteroatoms. The molecule has 5 rings (SSSR count). The molecular formula is C30H24FNO4S. The first-order valence-corrected chi connectivity index (χ1v) is 12.7. The minimum absolute atomic E-state index is 0.185. The third kappa shape index (κ3) is 5.52. The lowest BCUT2D eigenvalue weighted by molar-refractivity contribution is -0.123. The van der Waals surface area contributed by atoms with E-state index in [0.29, 0.717) is 34.1 Å². The van der Waals surface area contributed by atoms with E-state index in [9.17, 15) is 14.0 Å². The zero-order valence-corrected chi connectivity index (χ0v) is 21.0. The van der Waals surface area contributed by atoms with Crippen LogP contribution < -0.4 is 9.47 Å². The number of hydrogen-bond acceptors (Lipinski definition) is 5. The molecule has 5 nitrogen and oxygen atoms in total. The van der Waals surface area contributed by atoms with Crippen LogP contribution in [0.15, 0.2) is 89.8 Å². The third-order valence-electron chi connectivity index (χ3n) is 5.93. The molecule has 0 N–H and O–H groups in total. The van der Waals surface area contributed by atoms with Gasteiger partial charge in [0, 0.05) is 0 Å². The van der Waals surface area contributed by atoms with E-state index in [0.717, 1.165) is 28.1 Å². The Bertz CT molecular complexity index is 1510. The Kier molecular flexibility index (Phi) is 7.23. The Balaban J connectivity index is 1.35. The molecule has 0 aromatic heterocycles. The summed E-state index contributed by atoms with van der Waals surface area (Å²) in [5, 5.41) is 1.78. The number of ether oxygens (including phenoxy) is 2. The van der Waals surface area contributed by atoms with E-state index in [1.54, 1.807) is 36.4 Å². The van der Waals surface area contributed by atoms with Gasteiger partial charge in [-0.25, -0.2) is 4.39 Å². The number of thioether (sulfide) groups is 1. The third-order valence-corrected chi connectivity index (χ3v) is 6.84. The van der Waals surface area contributed by atoms with Crippen molar-refractivity contribution in [3.63, 3.8) is 0 Å². The van der Waals surface area contributed by atoms with Crippen LogP contribution in [0.4, 0.5) is 9.18 Å². The number of rotatable bonds is 8. The Morgan fingerprint density at radius 2 is 1.70 bits per heavy atom. The van der Waals surface area contributed by atoms with Gasteiger partial charge in [-0.3, -0.25) is 14.5 Å². The van der Waals surface area contributed by atoms with Crippen LogP contribution in [0.5, 0.6) is 11.5 Å². The van der Waals surface area contributed by atoms with E-state index in [1.165, 1.54) is 17.0 Å². The molecule has 0 atom stereocenters. The van der Waals surface area contributed by atoms with Gasteiger partial charge in [0.2, 0.25) is 0 Å². The van der Waals surface area contributed by atoms with E-state index < -0.39 is 0 Å². The molecule has 186 valence electrons. The lowest BCUT2D eigenvalue weighted by atomic mass is 10.0. The van der Waals surface area contributed by atoms with Crippen molar-refractivity contribution in [1.82, 2.24) is 4.90 Å². The summed E-state index contributed by atoms with van der Waals surface area (Å²) in [7, 11) is 0. The van der Waals surface area contributed by atoms with Crippen LogP contribution in [0.2, 0.25) is 0 Å². The van der Waals surface area contributed by atoms with Crippen LogP contribution in [0.25, 0.3) is 16.8 Å². The molecule has 1 heterocycles. The number of halogens is 1. The van der Waals surface area contributed by atoms with E-state index in [-0.39, 0.29) is 30.1 Å². The summed E-state index contributed by atoms with van der Waals surface area (Å²) in [6.07, 6.45) is 1.69. The average molecular weight is 514 g/mol. The van der Waals surface area contributed by atoms with Crippen LogP contribution in [0.3, 0.4) is 0 Å². The standard InChI is InChI=1S/C30H24FNO4S/c1-2-35-27-16-20(13-14-26(27)36-19-21-7-5-11-24(31)15-21)17-28-29(33)32(30(34)37-28)18-23-10-6-9-22-8-3-4-12-25(22)23/h3-17H,2,18-19H2,1H3/b28-17+. The Hall–Kier alpha value is -4.10. The van der Waals surface area contributed by atoms with Crippen molar-refractivity contribution in [3.05, 3.63) is 112 Å². The normalized spacial score (nSPS) is 14.5. The van der Waals surface area contributed by atoms with Gasteiger partial charge in [-0.2, -0.15) is 0 Å². The van der Waals surface area contributed by atoms with Gasteiger partial charge < -0.3 is 9.47 Å². The fourth-order valence-electron chi connectivity index (χ4n) is 4.18. The average Bonchev–Trinajstić information content (AvgIpc) is 3.16. The predicted molar refractivity (Wildman–Crippen MR) is 144 cm³/mol. The number of carbonyl (C=O) groups is 2. The molecule has 1 aliphatic rings. The molecule has 1 saturated heterocycles. The number of imide groups is 1. The Morgan fingerprint density at radius 3 is 2.54 bits per heavy atom. The monoisotopic (exact) mass is 513 g/mol. The van der Waals surface area contributed by atoms with Gasteiger partial charge >= 0.3 is 0 Å². The molecule has 0 saturated carbocycles. The highest BCUT2D eigenvalue weighted by atomic mass is 32.2. The van der Waals surface area contributed by atoms with Crippen LogP contribution in [0.1, 0.15) is 23.6 Å². The lowest BCUT2D eigenvalue weighted by Gasteiger charge is -2.14. The minimum Gasteiger partial charge on any atom is -0.490 e. The number of amides is 2. The maximum absolute atomic E-state index is 13.5. The largest absolute Gasteiger partial charge is 0.490 e. The SMILES string of the molecule is CCOc1cc(/C=C2/SC(=O)N(Cc3cccc4ccccc34)C2=O)ccc1OCc1cccc(F)c1. The topological polar surface area (TPSA) is 55.8 Å². The van der Waals surface area contributed by atoms with Gasteiger partial charge in [-0.1, -0.05) is 60.7 Å². The molecule has 1 aliphatic heterocycles. The number of carbonyl (C=O) groups excluding carboxylic acids is 2. The van der Waals surface area contributed by atoms with Crippen molar-refractivity contribution in [2.24, 2.45) is 0 Å². The van der Waals surface area contributed by atoms with Crippen molar-refractivity contribution in [1.29, 1.82) is 0 Å². The molecule has 1 fully saturated rings. The molecule has 4 aromatic carbocycles. The molecule has 0 spiro atoms. The molecule has 0 bridgehead atoms. The first kappa shape index (κ1) is 24.6. The summed E-state index contributed by atoms with van der Waals surface area (Å²) in [5.74, 6) is 0.359. The molecule has 4 aromatic rings. The summed E-state index contributed by atoms with van der Waals surface area (Å²) in [4.78, 5) is 27.5. The molecule has 0 unspecified atom stereocenters. The first-order valence-electron chi connectivity index (χ1n) is 11.9. The van der Waals surface area contributed by atoms with E-state index in [1.807, 2.05) is 49.4 Å². The molecular weight excluding hydrogens is 489 g/mol. The zero-order valence-electron chi connectivity index (χ0n) is 20.1. The highest BCUT2D eigenvalue weighted by Gasteiger charge is 2.35. The Morgan fingerprint density at radius 1 is 0.892 bits per heavy atom. The smallest absolute Gasteiger partial charge is 0.293 e. The number of hydrogen-bond donors (Lipinski definition) is 0. The van der Waals surface area contributed by atoms with Gasteiger partial charge in [-0.15, -0.1) is 0 Å². The van der Waals surface area contributed by atoms with Crippen LogP contribution in [-0.2, 0) is 17.9 Å². The molecule has 2 amide bonds. The first-order chi connectivity index (χ1) is 18.0. The minimum atomic E-state index is -0.327. The predicted octanol–water partition coefficient (Wildman–Crippen LogP) is 7.19. The van der Waals surface area contributed by atoms with Crippen molar-refractivity contribution in [2.45, 2.75) is 20.1 Å². The van der Waals surface area contributed by atoms with Crippen LogP contribution in [-0.4, -0.2) is 22.7 Å². The van der Waals surface area contributed by atoms with Gasteiger partial charge in [0.05, 0.1) is 18.1 Å². The maximum atomic E-state index is 13.5. The van der Waals surface area contributed by atoms with Gasteiger partial charge in [-0.05, 0) is 76.5 Å². The van der Waals surface area contributed by atoms with Crippen LogP contribution >= 0.6 is 11.8 Å². The fraction of sp³-hybridized carbons (Fsp3) is 0.133. The number of benzene rings is 4. The quantitative estimate of drug-likeness (QED) is 0.233. The highest BCUT2D eigenvalue weighted by Crippen LogP contribution is 2.36. The molecule has 37 heavy (non-hydrogen) atoms. The number of fused-ring (bicyclic) bond motifs is 1. The summed E-state index contributed by atoms with van der Waals surface area (Å²) < 4.78 is 25.1. The fourth-order valence-corrected chi connectivity index (χ4v) is 5.02. The van der Waals surface area contributed by atoms with Gasteiger partial charge in [0.1, 0.15) is 12.4 Å². The van der Waals surface area contributed by atoms with E-state index in [2.05, 4.69) is 0 Å². The molecule has 0 radical (unpaired) electrons. The van der Waals surface area contributed by atoms with Gasteiger partial charge in [0.15, 0.2) is 11.5 Å². The van der Waals surface area contributed by atoms with Crippen molar-refractivity contribution >= 4 is 39.8 Å². The molecule has 0 aliphatic carbocycles. The summed E-state index contributed by atoms with van der Waals surface area (Å²) in [6.45, 7) is 2.67. The van der Waals surface area contributed by atoms with E-state index >= 15 is 0 Å². The zero-order chi connectivity index (χ0) is 25.8. The second kappa shape index (κ2) is 10.9. The summed E-state index contributed by atoms with van der Waals surface area (Å²) in [5.41, 5.74) is 2.32. The van der Waals surface area contributed by atoms with E-state index in [4.69, 9.17) is 9.47 Å². The number of nitrogens with zero attached hydrogens (tertiary/aromatic N) is 1. The lowest BCUT2D eigenvalue weighted by Crippen LogP contribution is -2.27. The second-order valence-electron chi connectivity index (χ2n) is 8.46. The second-order valence-corrected chi connectivity index (χ2v) is 9.46. The summed E-state index contributed by atoms with van der Waals surface area (Å²) >= 11 is 0.925. The van der Waals surface area contributed by atoms with Crippen LogP contribution in [0, 0.1) is 5.82 Å². The van der Waals surface area contributed by atoms with Crippen molar-refractivity contribution in [2.75, 3.05) is 6.61 Å². The summed E-state index contributed by atoms with van der Waals surface area (Å²) in [6, 6.07) is 25.3. The maximum Gasteiger partial charge on any atom is 0.293 e. The Labute approximate surface area is 218 Å². The van der Waals surface area contributed by atoms with Crippen molar-refractivity contribution in [3.8, 4) is 11.5 Å². The van der Waals surface area contributed by atoms with Crippen molar-refractivity contribution < 1.29 is 23.5 Å². The van der Waals surface area contributed by atoms with Gasteiger partial charge in [0.25, 0.3) is 11.1 Å².